The Morgan fingerprint density at radius 2 is 1.77 bits per heavy atom. The first-order valence-electron chi connectivity index (χ1n) is 10.5. The van der Waals surface area contributed by atoms with Crippen LogP contribution < -0.4 is 9.80 Å². The van der Waals surface area contributed by atoms with E-state index < -0.39 is 15.9 Å². The zero-order chi connectivity index (χ0) is 22.3. The van der Waals surface area contributed by atoms with Gasteiger partial charge >= 0.3 is 6.09 Å². The van der Waals surface area contributed by atoms with Crippen LogP contribution in [0.1, 0.15) is 39.5 Å². The van der Waals surface area contributed by atoms with Gasteiger partial charge in [-0.05, 0) is 61.6 Å². The summed E-state index contributed by atoms with van der Waals surface area (Å²) in [6.45, 7) is 3.95. The predicted octanol–water partition coefficient (Wildman–Crippen LogP) is 4.31. The minimum Gasteiger partial charge on any atom is -0.465 e. The van der Waals surface area contributed by atoms with Crippen LogP contribution in [0.5, 0.6) is 0 Å². The summed E-state index contributed by atoms with van der Waals surface area (Å²) in [7, 11) is -3.33. The lowest BCUT2D eigenvalue weighted by atomic mass is 10.0. The third-order valence-electron chi connectivity index (χ3n) is 5.84. The van der Waals surface area contributed by atoms with Gasteiger partial charge in [0, 0.05) is 13.0 Å². The van der Waals surface area contributed by atoms with Crippen LogP contribution in [0.4, 0.5) is 16.2 Å². The van der Waals surface area contributed by atoms with E-state index in [1.165, 1.54) is 4.90 Å². The number of rotatable bonds is 5. The van der Waals surface area contributed by atoms with Crippen molar-refractivity contribution in [2.45, 2.75) is 55.7 Å². The molecule has 0 aromatic heterocycles. The van der Waals surface area contributed by atoms with Crippen LogP contribution in [0.15, 0.2) is 47.4 Å². The van der Waals surface area contributed by atoms with Crippen molar-refractivity contribution in [1.82, 2.24) is 0 Å². The van der Waals surface area contributed by atoms with Crippen LogP contribution >= 0.6 is 0 Å². The van der Waals surface area contributed by atoms with Crippen molar-refractivity contribution in [2.75, 3.05) is 16.3 Å². The predicted molar refractivity (Wildman–Crippen MR) is 119 cm³/mol. The molecule has 1 heterocycles. The molecule has 0 bridgehead atoms. The van der Waals surface area contributed by atoms with Gasteiger partial charge in [0.2, 0.25) is 5.91 Å². The van der Waals surface area contributed by atoms with Crippen LogP contribution in [-0.2, 0) is 14.6 Å². The molecule has 0 saturated heterocycles. The Kier molecular flexibility index (Phi) is 5.51. The van der Waals surface area contributed by atoms with Crippen LogP contribution in [0, 0.1) is 0 Å². The highest BCUT2D eigenvalue weighted by Crippen LogP contribution is 2.40. The van der Waals surface area contributed by atoms with Gasteiger partial charge in [0.25, 0.3) is 0 Å². The average molecular weight is 443 g/mol. The lowest BCUT2D eigenvalue weighted by Gasteiger charge is -2.40. The Morgan fingerprint density at radius 3 is 2.42 bits per heavy atom. The third kappa shape index (κ3) is 3.92. The smallest absolute Gasteiger partial charge is 0.411 e. The summed E-state index contributed by atoms with van der Waals surface area (Å²) in [6.07, 6.45) is 1.40. The molecule has 0 radical (unpaired) electrons. The first-order chi connectivity index (χ1) is 14.7. The van der Waals surface area contributed by atoms with Gasteiger partial charge in [-0.25, -0.2) is 13.2 Å². The van der Waals surface area contributed by atoms with E-state index in [-0.39, 0.29) is 28.6 Å². The third-order valence-corrected chi connectivity index (χ3v) is 8.10. The highest BCUT2D eigenvalue weighted by molar-refractivity contribution is 7.92. The van der Waals surface area contributed by atoms with Crippen LogP contribution in [-0.4, -0.2) is 43.4 Å². The molecule has 2 aliphatic rings. The van der Waals surface area contributed by atoms with E-state index >= 15 is 0 Å². The normalized spacial score (nSPS) is 18.6. The molecule has 7 nitrogen and oxygen atoms in total. The zero-order valence-corrected chi connectivity index (χ0v) is 18.4. The van der Waals surface area contributed by atoms with E-state index in [4.69, 9.17) is 0 Å². The summed E-state index contributed by atoms with van der Waals surface area (Å²) in [4.78, 5) is 27.9. The van der Waals surface area contributed by atoms with Gasteiger partial charge in [-0.1, -0.05) is 25.1 Å². The minimum atomic E-state index is -3.33. The molecule has 0 spiro atoms. The number of carboxylic acid groups (broad SMARTS) is 1. The monoisotopic (exact) mass is 442 g/mol. The van der Waals surface area contributed by atoms with Crippen LogP contribution in [0.2, 0.25) is 0 Å². The van der Waals surface area contributed by atoms with Crippen LogP contribution in [0.3, 0.4) is 0 Å². The lowest BCUT2D eigenvalue weighted by molar-refractivity contribution is -0.119. The largest absolute Gasteiger partial charge is 0.465 e. The number of sulfone groups is 1. The van der Waals surface area contributed by atoms with E-state index in [0.29, 0.717) is 48.2 Å². The first-order valence-corrected chi connectivity index (χ1v) is 12.1. The van der Waals surface area contributed by atoms with E-state index in [2.05, 4.69) is 0 Å². The molecule has 2 amide bonds. The van der Waals surface area contributed by atoms with E-state index in [0.717, 1.165) is 0 Å². The maximum Gasteiger partial charge on any atom is 0.411 e. The molecule has 164 valence electrons. The molecule has 0 unspecified atom stereocenters. The number of carbonyl (C=O) groups is 2. The minimum absolute atomic E-state index is 0.0356. The molecule has 1 atom stereocenters. The fourth-order valence-corrected chi connectivity index (χ4v) is 5.82. The lowest BCUT2D eigenvalue weighted by Crippen LogP contribution is -2.51. The topological polar surface area (TPSA) is 95.0 Å². The number of amides is 2. The molecule has 31 heavy (non-hydrogen) atoms. The Hall–Kier alpha value is -2.87. The van der Waals surface area contributed by atoms with Crippen molar-refractivity contribution in [1.29, 1.82) is 0 Å². The van der Waals surface area contributed by atoms with Gasteiger partial charge in [0.1, 0.15) is 0 Å². The van der Waals surface area contributed by atoms with Crippen molar-refractivity contribution in [3.8, 4) is 11.1 Å². The number of nitrogens with zero attached hydrogens (tertiary/aromatic N) is 2. The highest BCUT2D eigenvalue weighted by Gasteiger charge is 2.37. The zero-order valence-electron chi connectivity index (χ0n) is 17.6. The number of hydrogen-bond donors (Lipinski definition) is 1. The van der Waals surface area contributed by atoms with Gasteiger partial charge in [-0.3, -0.25) is 9.69 Å². The number of anilines is 2. The fourth-order valence-electron chi connectivity index (χ4n) is 4.12. The number of carbonyl (C=O) groups excluding carboxylic acids is 1. The Morgan fingerprint density at radius 1 is 1.06 bits per heavy atom. The van der Waals surface area contributed by atoms with E-state index in [1.807, 2.05) is 26.0 Å². The molecule has 1 N–H and O–H groups in total. The molecule has 8 heteroatoms. The highest BCUT2D eigenvalue weighted by atomic mass is 32.2. The summed E-state index contributed by atoms with van der Waals surface area (Å²) in [5.74, 6) is -0.0356. The molecule has 1 aliphatic carbocycles. The summed E-state index contributed by atoms with van der Waals surface area (Å²) in [5, 5.41) is 9.46. The molecule has 1 saturated carbocycles. The van der Waals surface area contributed by atoms with Gasteiger partial charge in [-0.15, -0.1) is 0 Å². The van der Waals surface area contributed by atoms with Gasteiger partial charge < -0.3 is 10.0 Å². The molecular weight excluding hydrogens is 416 g/mol. The summed E-state index contributed by atoms with van der Waals surface area (Å²) in [5.41, 5.74) is 2.39. The average Bonchev–Trinajstić information content (AvgIpc) is 3.59. The Balaban J connectivity index is 1.78. The number of hydrogen-bond acceptors (Lipinski definition) is 4. The fraction of sp³-hybridized carbons (Fsp3) is 0.391. The Labute approximate surface area is 182 Å². The molecule has 4 rings (SSSR count). The van der Waals surface area contributed by atoms with Crippen molar-refractivity contribution < 1.29 is 23.1 Å². The second-order valence-corrected chi connectivity index (χ2v) is 10.5. The molecule has 2 aromatic rings. The van der Waals surface area contributed by atoms with Crippen molar-refractivity contribution in [2.24, 2.45) is 0 Å². The SMILES string of the molecule is CCCC(=O)N1c2ccc(-c3cccc(S(=O)(=O)C4CC4)c3)cc2N(C(=O)O)C[C@@H]1C. The summed E-state index contributed by atoms with van der Waals surface area (Å²) < 4.78 is 25.3. The Bertz CT molecular complexity index is 1140. The van der Waals surface area contributed by atoms with E-state index in [9.17, 15) is 23.1 Å². The number of fused-ring (bicyclic) bond motifs is 1. The standard InChI is InChI=1S/C23H26N2O5S/c1-3-5-22(26)25-15(2)14-24(23(27)28)21-13-17(8-11-20(21)25)16-6-4-7-19(12-16)31(29,30)18-9-10-18/h4,6-8,11-13,15,18H,3,5,9-10,14H2,1-2H3,(H,27,28)/t15-/m0/s1. The summed E-state index contributed by atoms with van der Waals surface area (Å²) >= 11 is 0. The van der Waals surface area contributed by atoms with E-state index in [1.54, 1.807) is 35.2 Å². The van der Waals surface area contributed by atoms with Gasteiger partial charge in [-0.2, -0.15) is 0 Å². The number of benzene rings is 2. The maximum absolute atomic E-state index is 12.7. The van der Waals surface area contributed by atoms with Gasteiger partial charge in [0.05, 0.1) is 27.6 Å². The summed E-state index contributed by atoms with van der Waals surface area (Å²) in [6, 6.07) is 11.8. The second kappa shape index (κ2) is 8.00. The molecule has 1 aliphatic heterocycles. The molecular formula is C23H26N2O5S. The van der Waals surface area contributed by atoms with Crippen LogP contribution in [0.25, 0.3) is 11.1 Å². The first kappa shape index (κ1) is 21.4. The van der Waals surface area contributed by atoms with Crippen molar-refractivity contribution in [3.05, 3.63) is 42.5 Å². The quantitative estimate of drug-likeness (QED) is 0.745. The van der Waals surface area contributed by atoms with Crippen molar-refractivity contribution >= 4 is 33.2 Å². The van der Waals surface area contributed by atoms with Crippen molar-refractivity contribution in [3.63, 3.8) is 0 Å². The molecule has 2 aromatic carbocycles. The maximum atomic E-state index is 12.7. The molecule has 1 fully saturated rings. The van der Waals surface area contributed by atoms with Gasteiger partial charge in [0.15, 0.2) is 9.84 Å². The second-order valence-electron chi connectivity index (χ2n) is 8.23.